The monoisotopic (exact) mass is 344 g/mol. The van der Waals surface area contributed by atoms with E-state index in [1.165, 1.54) is 13.8 Å². The van der Waals surface area contributed by atoms with Crippen LogP contribution >= 0.6 is 0 Å². The summed E-state index contributed by atoms with van der Waals surface area (Å²) in [6.07, 6.45) is 0.477. The first-order valence-electron chi connectivity index (χ1n) is 7.64. The van der Waals surface area contributed by atoms with Gasteiger partial charge in [-0.1, -0.05) is 0 Å². The van der Waals surface area contributed by atoms with Gasteiger partial charge in [0.2, 0.25) is 5.78 Å². The molecule has 0 bridgehead atoms. The van der Waals surface area contributed by atoms with Crippen LogP contribution in [0.2, 0.25) is 0 Å². The fraction of sp³-hybridized carbons (Fsp3) is 0.333. The number of nitriles is 1. The SMILES string of the molecule is CC(=O)c1ccc(OCCCC(=O)OCC(=O)/C(C#N)=C(\C)N)cc1. The van der Waals surface area contributed by atoms with Crippen LogP contribution in [0.25, 0.3) is 0 Å². The Balaban J connectivity index is 2.29. The van der Waals surface area contributed by atoms with Crippen molar-refractivity contribution >= 4 is 17.5 Å². The molecule has 25 heavy (non-hydrogen) atoms. The molecule has 0 unspecified atom stereocenters. The number of nitrogens with zero attached hydrogens (tertiary/aromatic N) is 1. The summed E-state index contributed by atoms with van der Waals surface area (Å²) in [6.45, 7) is 2.69. The van der Waals surface area contributed by atoms with Crippen molar-refractivity contribution in [2.75, 3.05) is 13.2 Å². The van der Waals surface area contributed by atoms with Crippen LogP contribution in [0.4, 0.5) is 0 Å². The molecule has 0 aliphatic carbocycles. The molecule has 0 amide bonds. The predicted octanol–water partition coefficient (Wildman–Crippen LogP) is 1.92. The molecular formula is C18H20N2O5. The maximum atomic E-state index is 11.6. The van der Waals surface area contributed by atoms with Crippen molar-refractivity contribution in [1.29, 1.82) is 5.26 Å². The van der Waals surface area contributed by atoms with E-state index >= 15 is 0 Å². The number of Topliss-reactive ketones (excluding diaryl/α,β-unsaturated/α-hetero) is 2. The van der Waals surface area contributed by atoms with Gasteiger partial charge in [-0.3, -0.25) is 14.4 Å². The van der Waals surface area contributed by atoms with Gasteiger partial charge in [0.1, 0.15) is 17.4 Å². The molecule has 1 aromatic rings. The predicted molar refractivity (Wildman–Crippen MR) is 89.6 cm³/mol. The van der Waals surface area contributed by atoms with Crippen molar-refractivity contribution in [2.24, 2.45) is 5.73 Å². The van der Waals surface area contributed by atoms with E-state index in [9.17, 15) is 14.4 Å². The first kappa shape index (κ1) is 19.9. The number of benzene rings is 1. The number of ketones is 2. The molecule has 0 aromatic heterocycles. The zero-order chi connectivity index (χ0) is 18.8. The summed E-state index contributed by atoms with van der Waals surface area (Å²) < 4.78 is 10.3. The van der Waals surface area contributed by atoms with Crippen molar-refractivity contribution in [3.05, 3.63) is 41.1 Å². The minimum Gasteiger partial charge on any atom is -0.494 e. The molecule has 0 saturated heterocycles. The van der Waals surface area contributed by atoms with E-state index in [-0.39, 0.29) is 30.1 Å². The van der Waals surface area contributed by atoms with E-state index in [0.717, 1.165) is 0 Å². The summed E-state index contributed by atoms with van der Waals surface area (Å²) in [4.78, 5) is 34.3. The number of ether oxygens (including phenoxy) is 2. The fourth-order valence-electron chi connectivity index (χ4n) is 1.85. The van der Waals surface area contributed by atoms with Crippen molar-refractivity contribution in [3.8, 4) is 11.8 Å². The van der Waals surface area contributed by atoms with Crippen LogP contribution in [-0.4, -0.2) is 30.7 Å². The van der Waals surface area contributed by atoms with Crippen LogP contribution in [0.5, 0.6) is 5.75 Å². The maximum Gasteiger partial charge on any atom is 0.306 e. The van der Waals surface area contributed by atoms with Crippen molar-refractivity contribution in [2.45, 2.75) is 26.7 Å². The molecule has 1 rings (SSSR count). The molecule has 0 aliphatic rings. The lowest BCUT2D eigenvalue weighted by molar-refractivity contribution is -0.147. The van der Waals surface area contributed by atoms with E-state index in [4.69, 9.17) is 20.5 Å². The average Bonchev–Trinajstić information content (AvgIpc) is 2.57. The highest BCUT2D eigenvalue weighted by molar-refractivity contribution is 6.01. The van der Waals surface area contributed by atoms with E-state index in [0.29, 0.717) is 17.7 Å². The number of allylic oxidation sites excluding steroid dienone is 1. The minimum atomic E-state index is -0.627. The average molecular weight is 344 g/mol. The Morgan fingerprint density at radius 1 is 1.16 bits per heavy atom. The van der Waals surface area contributed by atoms with E-state index < -0.39 is 18.4 Å². The lowest BCUT2D eigenvalue weighted by Gasteiger charge is -2.07. The first-order chi connectivity index (χ1) is 11.8. The third-order valence-electron chi connectivity index (χ3n) is 3.20. The van der Waals surface area contributed by atoms with Gasteiger partial charge >= 0.3 is 5.97 Å². The van der Waals surface area contributed by atoms with E-state index in [2.05, 4.69) is 0 Å². The summed E-state index contributed by atoms with van der Waals surface area (Å²) in [5, 5.41) is 8.78. The fourth-order valence-corrected chi connectivity index (χ4v) is 1.85. The second kappa shape index (κ2) is 9.88. The number of esters is 1. The number of rotatable bonds is 9. The van der Waals surface area contributed by atoms with Gasteiger partial charge in [0.25, 0.3) is 0 Å². The number of carbonyl (C=O) groups is 3. The molecule has 0 spiro atoms. The minimum absolute atomic E-state index is 0.0249. The van der Waals surface area contributed by atoms with Gasteiger partial charge in [0.15, 0.2) is 12.4 Å². The molecule has 2 N–H and O–H groups in total. The van der Waals surface area contributed by atoms with Crippen LogP contribution in [0.1, 0.15) is 37.0 Å². The third kappa shape index (κ3) is 6.87. The Morgan fingerprint density at radius 3 is 2.32 bits per heavy atom. The normalized spacial score (nSPS) is 11.1. The second-order valence-corrected chi connectivity index (χ2v) is 5.29. The van der Waals surface area contributed by atoms with Gasteiger partial charge in [-0.25, -0.2) is 0 Å². The third-order valence-corrected chi connectivity index (χ3v) is 3.20. The highest BCUT2D eigenvalue weighted by Crippen LogP contribution is 2.13. The molecule has 0 aliphatic heterocycles. The van der Waals surface area contributed by atoms with Crippen LogP contribution < -0.4 is 10.5 Å². The lowest BCUT2D eigenvalue weighted by atomic mass is 10.1. The van der Waals surface area contributed by atoms with Crippen LogP contribution in [-0.2, 0) is 14.3 Å². The van der Waals surface area contributed by atoms with Gasteiger partial charge < -0.3 is 15.2 Å². The zero-order valence-corrected chi connectivity index (χ0v) is 14.2. The smallest absolute Gasteiger partial charge is 0.306 e. The number of nitrogens with two attached hydrogens (primary N) is 1. The summed E-state index contributed by atoms with van der Waals surface area (Å²) in [7, 11) is 0. The van der Waals surface area contributed by atoms with Crippen LogP contribution in [0, 0.1) is 11.3 Å². The number of hydrogen-bond acceptors (Lipinski definition) is 7. The first-order valence-corrected chi connectivity index (χ1v) is 7.64. The highest BCUT2D eigenvalue weighted by Gasteiger charge is 2.14. The lowest BCUT2D eigenvalue weighted by Crippen LogP contribution is -2.17. The maximum absolute atomic E-state index is 11.6. The summed E-state index contributed by atoms with van der Waals surface area (Å²) in [6, 6.07) is 8.37. The molecule has 0 fully saturated rings. The van der Waals surface area contributed by atoms with Gasteiger partial charge in [-0.15, -0.1) is 0 Å². The summed E-state index contributed by atoms with van der Waals surface area (Å²) in [5.74, 6) is -0.618. The van der Waals surface area contributed by atoms with Crippen LogP contribution in [0.3, 0.4) is 0 Å². The molecular weight excluding hydrogens is 324 g/mol. The molecule has 0 atom stereocenters. The molecule has 0 radical (unpaired) electrons. The molecule has 1 aromatic carbocycles. The topological polar surface area (TPSA) is 119 Å². The second-order valence-electron chi connectivity index (χ2n) is 5.29. The van der Waals surface area contributed by atoms with Gasteiger partial charge in [-0.2, -0.15) is 5.26 Å². The Morgan fingerprint density at radius 2 is 1.80 bits per heavy atom. The van der Waals surface area contributed by atoms with Gasteiger partial charge in [-0.05, 0) is 44.5 Å². The highest BCUT2D eigenvalue weighted by atomic mass is 16.5. The Kier molecular flexibility index (Phi) is 7.87. The Labute approximate surface area is 146 Å². The van der Waals surface area contributed by atoms with Crippen LogP contribution in [0.15, 0.2) is 35.5 Å². The van der Waals surface area contributed by atoms with Crippen molar-refractivity contribution < 1.29 is 23.9 Å². The standard InChI is InChI=1S/C18H20N2O5/c1-12(20)16(10-19)17(22)11-25-18(23)4-3-9-24-15-7-5-14(6-8-15)13(2)21/h5-8H,3-4,9,11,20H2,1-2H3/b16-12+. The van der Waals surface area contributed by atoms with E-state index in [1.807, 2.05) is 0 Å². The quantitative estimate of drug-likeness (QED) is 0.239. The molecule has 132 valence electrons. The van der Waals surface area contributed by atoms with Gasteiger partial charge in [0, 0.05) is 17.7 Å². The molecule has 7 heteroatoms. The van der Waals surface area contributed by atoms with Crippen molar-refractivity contribution in [3.63, 3.8) is 0 Å². The number of carbonyl (C=O) groups excluding carboxylic acids is 3. The zero-order valence-electron chi connectivity index (χ0n) is 14.2. The summed E-state index contributed by atoms with van der Waals surface area (Å²) >= 11 is 0. The van der Waals surface area contributed by atoms with Crippen molar-refractivity contribution in [1.82, 2.24) is 0 Å². The largest absolute Gasteiger partial charge is 0.494 e. The molecule has 0 saturated carbocycles. The van der Waals surface area contributed by atoms with E-state index in [1.54, 1.807) is 30.3 Å². The molecule has 7 nitrogen and oxygen atoms in total. The summed E-state index contributed by atoms with van der Waals surface area (Å²) in [5.41, 5.74) is 5.88. The molecule has 0 heterocycles. The number of hydrogen-bond donors (Lipinski definition) is 1. The Hall–Kier alpha value is -3.14. The van der Waals surface area contributed by atoms with Gasteiger partial charge in [0.05, 0.1) is 6.61 Å². The Bertz CT molecular complexity index is 710.